The summed E-state index contributed by atoms with van der Waals surface area (Å²) in [5.74, 6) is -0.608. The van der Waals surface area contributed by atoms with Crippen molar-refractivity contribution in [2.75, 3.05) is 18.1 Å². The topological polar surface area (TPSA) is 42.4 Å². The van der Waals surface area contributed by atoms with Gasteiger partial charge in [0.2, 0.25) is 0 Å². The van der Waals surface area contributed by atoms with Gasteiger partial charge in [0, 0.05) is 10.9 Å². The molecule has 0 unspecified atom stereocenters. The van der Waals surface area contributed by atoms with E-state index in [0.29, 0.717) is 4.88 Å². The number of ether oxygens (including phenoxy) is 1. The first-order valence-corrected chi connectivity index (χ1v) is 6.95. The summed E-state index contributed by atoms with van der Waals surface area (Å²) in [5, 5.41) is 0.179. The van der Waals surface area contributed by atoms with Crippen LogP contribution >= 0.6 is 11.3 Å². The Morgan fingerprint density at radius 1 is 1.45 bits per heavy atom. The molecule has 1 heterocycles. The summed E-state index contributed by atoms with van der Waals surface area (Å²) in [6.45, 7) is 5.69. The van der Waals surface area contributed by atoms with Crippen molar-refractivity contribution in [3.05, 3.63) is 10.6 Å². The molecule has 0 bridgehead atoms. The van der Waals surface area contributed by atoms with Gasteiger partial charge in [0.05, 0.1) is 6.61 Å². The lowest BCUT2D eigenvalue weighted by Gasteiger charge is -2.26. The second-order valence-corrected chi connectivity index (χ2v) is 5.64. The summed E-state index contributed by atoms with van der Waals surface area (Å²) >= 11 is 1.06. The molecule has 8 heteroatoms. The Kier molecular flexibility index (Phi) is 5.38. The molecule has 0 radical (unpaired) electrons. The van der Waals surface area contributed by atoms with Crippen LogP contribution in [0.3, 0.4) is 0 Å². The van der Waals surface area contributed by atoms with Crippen molar-refractivity contribution < 1.29 is 22.7 Å². The zero-order valence-electron chi connectivity index (χ0n) is 11.7. The number of alkyl halides is 3. The van der Waals surface area contributed by atoms with Crippen LogP contribution in [0.4, 0.5) is 18.3 Å². The highest BCUT2D eigenvalue weighted by atomic mass is 32.1. The van der Waals surface area contributed by atoms with Crippen LogP contribution in [0, 0.1) is 6.92 Å². The van der Waals surface area contributed by atoms with Crippen molar-refractivity contribution in [3.8, 4) is 0 Å². The standard InChI is InChI=1S/C12H17F3N2O2S/c1-5-19-10(18)9-8(4)20-11(16-9)17(7(2)3)6-12(13,14)15/h7H,5-6H2,1-4H3. The zero-order chi connectivity index (χ0) is 15.5. The molecule has 0 aliphatic rings. The first kappa shape index (κ1) is 16.7. The van der Waals surface area contributed by atoms with Crippen molar-refractivity contribution in [1.29, 1.82) is 0 Å². The van der Waals surface area contributed by atoms with Crippen LogP contribution in [-0.2, 0) is 4.74 Å². The molecule has 0 saturated carbocycles. The van der Waals surface area contributed by atoms with Crippen LogP contribution in [0.15, 0.2) is 0 Å². The third kappa shape index (κ3) is 4.36. The molecule has 0 amide bonds. The van der Waals surface area contributed by atoms with Gasteiger partial charge < -0.3 is 9.64 Å². The Labute approximate surface area is 119 Å². The molecule has 0 saturated heterocycles. The minimum atomic E-state index is -4.33. The van der Waals surface area contributed by atoms with E-state index in [1.807, 2.05) is 0 Å². The Hall–Kier alpha value is -1.31. The van der Waals surface area contributed by atoms with Gasteiger partial charge in [0.25, 0.3) is 0 Å². The normalized spacial score (nSPS) is 11.8. The number of thiazole rings is 1. The van der Waals surface area contributed by atoms with Gasteiger partial charge in [-0.05, 0) is 27.7 Å². The first-order valence-electron chi connectivity index (χ1n) is 6.13. The van der Waals surface area contributed by atoms with Gasteiger partial charge in [0.1, 0.15) is 6.54 Å². The summed E-state index contributed by atoms with van der Waals surface area (Å²) in [6.07, 6.45) is -4.33. The fraction of sp³-hybridized carbons (Fsp3) is 0.667. The lowest BCUT2D eigenvalue weighted by molar-refractivity contribution is -0.120. The fourth-order valence-corrected chi connectivity index (χ4v) is 2.59. The van der Waals surface area contributed by atoms with E-state index >= 15 is 0 Å². The second-order valence-electron chi connectivity index (χ2n) is 4.46. The highest BCUT2D eigenvalue weighted by Gasteiger charge is 2.34. The van der Waals surface area contributed by atoms with E-state index in [1.54, 1.807) is 27.7 Å². The monoisotopic (exact) mass is 310 g/mol. The predicted octanol–water partition coefficient (Wildman–Crippen LogP) is 3.41. The molecule has 20 heavy (non-hydrogen) atoms. The molecule has 0 spiro atoms. The number of carbonyl (C=O) groups is 1. The van der Waals surface area contributed by atoms with E-state index < -0.39 is 18.7 Å². The molecule has 0 fully saturated rings. The van der Waals surface area contributed by atoms with Crippen LogP contribution in [0.2, 0.25) is 0 Å². The SMILES string of the molecule is CCOC(=O)c1nc(N(CC(F)(F)F)C(C)C)sc1C. The largest absolute Gasteiger partial charge is 0.461 e. The zero-order valence-corrected chi connectivity index (χ0v) is 12.6. The molecule has 0 aliphatic heterocycles. The molecular weight excluding hydrogens is 293 g/mol. The number of hydrogen-bond acceptors (Lipinski definition) is 5. The van der Waals surface area contributed by atoms with Crippen molar-refractivity contribution in [1.82, 2.24) is 4.98 Å². The van der Waals surface area contributed by atoms with Gasteiger partial charge in [-0.15, -0.1) is 11.3 Å². The third-order valence-corrected chi connectivity index (χ3v) is 3.48. The molecule has 0 aromatic carbocycles. The minimum absolute atomic E-state index is 0.0830. The lowest BCUT2D eigenvalue weighted by Crippen LogP contribution is -2.39. The quantitative estimate of drug-likeness (QED) is 0.782. The number of anilines is 1. The number of rotatable bonds is 5. The molecule has 4 nitrogen and oxygen atoms in total. The number of hydrogen-bond donors (Lipinski definition) is 0. The van der Waals surface area contributed by atoms with Crippen molar-refractivity contribution >= 4 is 22.4 Å². The summed E-state index contributed by atoms with van der Waals surface area (Å²) < 4.78 is 42.6. The van der Waals surface area contributed by atoms with E-state index in [4.69, 9.17) is 4.74 Å². The molecule has 0 aliphatic carbocycles. The lowest BCUT2D eigenvalue weighted by atomic mass is 10.3. The summed E-state index contributed by atoms with van der Waals surface area (Å²) in [6, 6.07) is -0.378. The Balaban J connectivity index is 3.04. The number of carbonyl (C=O) groups excluding carboxylic acids is 1. The maximum absolute atomic E-state index is 12.6. The Morgan fingerprint density at radius 2 is 2.05 bits per heavy atom. The maximum atomic E-state index is 12.6. The fourth-order valence-electron chi connectivity index (χ4n) is 1.56. The van der Waals surface area contributed by atoms with Gasteiger partial charge in [0.15, 0.2) is 10.8 Å². The first-order chi connectivity index (χ1) is 9.15. The number of esters is 1. The molecule has 1 aromatic rings. The average Bonchev–Trinajstić information content (AvgIpc) is 2.67. The second kappa shape index (κ2) is 6.43. The Morgan fingerprint density at radius 3 is 2.50 bits per heavy atom. The highest BCUT2D eigenvalue weighted by molar-refractivity contribution is 7.15. The average molecular weight is 310 g/mol. The third-order valence-electron chi connectivity index (χ3n) is 2.47. The molecule has 114 valence electrons. The van der Waals surface area contributed by atoms with Crippen LogP contribution in [-0.4, -0.2) is 36.3 Å². The predicted molar refractivity (Wildman–Crippen MR) is 71.3 cm³/mol. The number of nitrogens with zero attached hydrogens (tertiary/aromatic N) is 2. The van der Waals surface area contributed by atoms with Gasteiger partial charge in [-0.1, -0.05) is 0 Å². The smallest absolute Gasteiger partial charge is 0.406 e. The minimum Gasteiger partial charge on any atom is -0.461 e. The van der Waals surface area contributed by atoms with E-state index in [-0.39, 0.29) is 23.5 Å². The van der Waals surface area contributed by atoms with Crippen LogP contribution in [0.1, 0.15) is 36.1 Å². The molecule has 0 atom stereocenters. The summed E-state index contributed by atoms with van der Waals surface area (Å²) in [7, 11) is 0. The van der Waals surface area contributed by atoms with Gasteiger partial charge in [-0.25, -0.2) is 9.78 Å². The van der Waals surface area contributed by atoms with Crippen molar-refractivity contribution in [2.24, 2.45) is 0 Å². The molecular formula is C12H17F3N2O2S. The maximum Gasteiger partial charge on any atom is 0.406 e. The highest BCUT2D eigenvalue weighted by Crippen LogP contribution is 2.30. The van der Waals surface area contributed by atoms with Gasteiger partial charge >= 0.3 is 12.1 Å². The van der Waals surface area contributed by atoms with E-state index in [1.165, 1.54) is 0 Å². The summed E-state index contributed by atoms with van der Waals surface area (Å²) in [5.41, 5.74) is 0.0830. The Bertz CT molecular complexity index is 472. The van der Waals surface area contributed by atoms with E-state index in [2.05, 4.69) is 4.98 Å². The molecule has 1 aromatic heterocycles. The number of halogens is 3. The van der Waals surface area contributed by atoms with Crippen LogP contribution in [0.5, 0.6) is 0 Å². The van der Waals surface area contributed by atoms with E-state index in [0.717, 1.165) is 16.2 Å². The van der Waals surface area contributed by atoms with Gasteiger partial charge in [-0.3, -0.25) is 0 Å². The number of aryl methyl sites for hydroxylation is 1. The molecule has 0 N–H and O–H groups in total. The van der Waals surface area contributed by atoms with Crippen molar-refractivity contribution in [3.63, 3.8) is 0 Å². The van der Waals surface area contributed by atoms with Crippen molar-refractivity contribution in [2.45, 2.75) is 39.9 Å². The van der Waals surface area contributed by atoms with Crippen LogP contribution < -0.4 is 4.90 Å². The molecule has 1 rings (SSSR count). The van der Waals surface area contributed by atoms with E-state index in [9.17, 15) is 18.0 Å². The summed E-state index contributed by atoms with van der Waals surface area (Å²) in [4.78, 5) is 17.3. The van der Waals surface area contributed by atoms with Gasteiger partial charge in [-0.2, -0.15) is 13.2 Å². The number of aromatic nitrogens is 1. The van der Waals surface area contributed by atoms with Crippen LogP contribution in [0.25, 0.3) is 0 Å².